The van der Waals surface area contributed by atoms with Gasteiger partial charge in [0.05, 0.1) is 0 Å². The summed E-state index contributed by atoms with van der Waals surface area (Å²) < 4.78 is 2.17. The normalized spacial score (nSPS) is 14.0. The van der Waals surface area contributed by atoms with Crippen molar-refractivity contribution in [2.24, 2.45) is 0 Å². The van der Waals surface area contributed by atoms with Gasteiger partial charge in [0.15, 0.2) is 5.82 Å². The van der Waals surface area contributed by atoms with Gasteiger partial charge in [-0.15, -0.1) is 15.3 Å². The molecule has 3 aromatic carbocycles. The second-order valence-electron chi connectivity index (χ2n) is 10.7. The molecule has 1 aliphatic carbocycles. The number of rotatable bonds is 8. The quantitative estimate of drug-likeness (QED) is 0.191. The van der Waals surface area contributed by atoms with Gasteiger partial charge in [-0.1, -0.05) is 110 Å². The van der Waals surface area contributed by atoms with Crippen molar-refractivity contribution < 1.29 is 5.11 Å². The predicted molar refractivity (Wildman–Crippen MR) is 163 cm³/mol. The Morgan fingerprint density at radius 3 is 2.33 bits per heavy atom. The number of aromatic nitrogens is 8. The molecule has 3 heterocycles. The van der Waals surface area contributed by atoms with Crippen LogP contribution in [0.2, 0.25) is 0 Å². The number of fused-ring (bicyclic) bond motifs is 1. The molecule has 0 bridgehead atoms. The van der Waals surface area contributed by atoms with Gasteiger partial charge >= 0.3 is 0 Å². The molecule has 6 aromatic rings. The molecule has 0 radical (unpaired) electrons. The minimum Gasteiger partial charge on any atom is -0.491 e. The summed E-state index contributed by atoms with van der Waals surface area (Å²) in [4.78, 5) is 5.17. The summed E-state index contributed by atoms with van der Waals surface area (Å²) in [5.74, 6) is 2.68. The predicted octanol–water partition coefficient (Wildman–Crippen LogP) is 6.77. The summed E-state index contributed by atoms with van der Waals surface area (Å²) in [6.07, 6.45) is 5.85. The fourth-order valence-electron chi connectivity index (χ4n) is 5.88. The number of aromatic hydroxyl groups is 1. The molecule has 2 N–H and O–H groups in total. The zero-order valence-corrected chi connectivity index (χ0v) is 23.8. The smallest absolute Gasteiger partial charge is 0.257 e. The SMILES string of the molecule is Oc1nnc(SCc2ccccc2)c2nc(C3CCCCC3)n(Cc3ccc(-c4ccccc4-c4nnn[nH]4)cc3)c12. The third kappa shape index (κ3) is 5.25. The number of tetrazole rings is 1. The average Bonchev–Trinajstić information content (AvgIpc) is 3.72. The van der Waals surface area contributed by atoms with Gasteiger partial charge in [-0.25, -0.2) is 10.1 Å². The Bertz CT molecular complexity index is 1800. The van der Waals surface area contributed by atoms with E-state index in [4.69, 9.17) is 4.98 Å². The van der Waals surface area contributed by atoms with Crippen LogP contribution < -0.4 is 0 Å². The van der Waals surface area contributed by atoms with Crippen LogP contribution in [0.1, 0.15) is 55.0 Å². The number of benzene rings is 3. The minimum atomic E-state index is -0.0742. The van der Waals surface area contributed by atoms with Crippen LogP contribution in [0.4, 0.5) is 0 Å². The van der Waals surface area contributed by atoms with Crippen molar-refractivity contribution in [2.45, 2.75) is 55.3 Å². The number of nitrogens with one attached hydrogen (secondary N) is 1. The van der Waals surface area contributed by atoms with Gasteiger partial charge in [0.1, 0.15) is 21.9 Å². The highest BCUT2D eigenvalue weighted by atomic mass is 32.2. The lowest BCUT2D eigenvalue weighted by Gasteiger charge is -2.22. The summed E-state index contributed by atoms with van der Waals surface area (Å²) in [7, 11) is 0. The van der Waals surface area contributed by atoms with Crippen molar-refractivity contribution in [3.8, 4) is 28.4 Å². The lowest BCUT2D eigenvalue weighted by molar-refractivity contribution is 0.417. The third-order valence-corrected chi connectivity index (χ3v) is 9.00. The van der Waals surface area contributed by atoms with Gasteiger partial charge < -0.3 is 9.67 Å². The molecule has 10 heteroatoms. The van der Waals surface area contributed by atoms with Crippen molar-refractivity contribution in [2.75, 3.05) is 0 Å². The molecule has 0 unspecified atom stereocenters. The van der Waals surface area contributed by atoms with Gasteiger partial charge in [0.2, 0.25) is 0 Å². The van der Waals surface area contributed by atoms with Crippen molar-refractivity contribution in [1.29, 1.82) is 0 Å². The Kier molecular flexibility index (Phi) is 7.36. The number of nitrogens with zero attached hydrogens (tertiary/aromatic N) is 7. The van der Waals surface area contributed by atoms with E-state index in [0.29, 0.717) is 23.8 Å². The number of imidazole rings is 1. The van der Waals surface area contributed by atoms with Gasteiger partial charge in [0.25, 0.3) is 5.88 Å². The van der Waals surface area contributed by atoms with Crippen molar-refractivity contribution >= 4 is 22.8 Å². The lowest BCUT2D eigenvalue weighted by atomic mass is 9.88. The van der Waals surface area contributed by atoms with E-state index in [1.165, 1.54) is 24.8 Å². The van der Waals surface area contributed by atoms with Crippen LogP contribution in [-0.4, -0.2) is 45.5 Å². The van der Waals surface area contributed by atoms with Crippen LogP contribution in [-0.2, 0) is 12.3 Å². The molecular weight excluding hydrogens is 544 g/mol. The van der Waals surface area contributed by atoms with Crippen molar-refractivity contribution in [3.05, 3.63) is 95.8 Å². The van der Waals surface area contributed by atoms with Crippen molar-refractivity contribution in [1.82, 2.24) is 40.4 Å². The molecule has 210 valence electrons. The Labute approximate surface area is 247 Å². The lowest BCUT2D eigenvalue weighted by Crippen LogP contribution is -2.13. The monoisotopic (exact) mass is 574 g/mol. The number of thioether (sulfide) groups is 1. The van der Waals surface area contributed by atoms with Crippen LogP contribution in [0.5, 0.6) is 5.88 Å². The van der Waals surface area contributed by atoms with E-state index in [2.05, 4.69) is 77.9 Å². The molecule has 42 heavy (non-hydrogen) atoms. The summed E-state index contributed by atoms with van der Waals surface area (Å²) in [6.45, 7) is 0.582. The molecule has 7 rings (SSSR count). The molecule has 1 saturated carbocycles. The Balaban J connectivity index is 1.24. The van der Waals surface area contributed by atoms with Gasteiger partial charge in [-0.2, -0.15) is 0 Å². The molecule has 0 spiro atoms. The maximum atomic E-state index is 11.0. The van der Waals surface area contributed by atoms with Gasteiger partial charge in [-0.05, 0) is 45.5 Å². The fourth-order valence-corrected chi connectivity index (χ4v) is 6.75. The van der Waals surface area contributed by atoms with E-state index in [0.717, 1.165) is 57.2 Å². The summed E-state index contributed by atoms with van der Waals surface area (Å²) in [5, 5.41) is 34.7. The van der Waals surface area contributed by atoms with E-state index in [9.17, 15) is 5.11 Å². The largest absolute Gasteiger partial charge is 0.491 e. The average molecular weight is 575 g/mol. The molecule has 0 amide bonds. The first-order chi connectivity index (χ1) is 20.7. The zero-order valence-electron chi connectivity index (χ0n) is 23.0. The maximum absolute atomic E-state index is 11.0. The van der Waals surface area contributed by atoms with Gasteiger partial charge in [0, 0.05) is 23.8 Å². The first kappa shape index (κ1) is 26.3. The molecule has 1 fully saturated rings. The standard InChI is InChI=1S/C32H30N8OS/c41-31-28-27(32(37-36-31)42-20-22-9-3-1-4-10-22)33-30(24-11-5-2-6-12-24)40(28)19-21-15-17-23(18-16-21)25-13-7-8-14-26(25)29-34-38-39-35-29/h1,3-4,7-10,13-18,24H,2,5-6,11-12,19-20H2,(H,36,41)(H,34,35,38,39). The Hall–Kier alpha value is -4.57. The fraction of sp³-hybridized carbons (Fsp3) is 0.250. The second kappa shape index (κ2) is 11.7. The minimum absolute atomic E-state index is 0.0742. The van der Waals surface area contributed by atoms with E-state index in [1.54, 1.807) is 11.8 Å². The zero-order chi connectivity index (χ0) is 28.3. The van der Waals surface area contributed by atoms with Crippen LogP contribution in [0.15, 0.2) is 83.9 Å². The molecule has 0 atom stereocenters. The maximum Gasteiger partial charge on any atom is 0.257 e. The van der Waals surface area contributed by atoms with Crippen LogP contribution in [0.25, 0.3) is 33.5 Å². The molecular formula is C32H30N8OS. The molecule has 0 saturated heterocycles. The molecule has 1 aliphatic rings. The number of aromatic amines is 1. The first-order valence-electron chi connectivity index (χ1n) is 14.3. The third-order valence-electron chi connectivity index (χ3n) is 7.97. The highest BCUT2D eigenvalue weighted by Gasteiger charge is 2.26. The Morgan fingerprint density at radius 2 is 1.57 bits per heavy atom. The first-order valence-corrected chi connectivity index (χ1v) is 15.3. The Morgan fingerprint density at radius 1 is 0.810 bits per heavy atom. The van der Waals surface area contributed by atoms with Crippen LogP contribution >= 0.6 is 11.8 Å². The summed E-state index contributed by atoms with van der Waals surface area (Å²) in [5.41, 5.74) is 6.78. The van der Waals surface area contributed by atoms with E-state index in [1.807, 2.05) is 36.4 Å². The van der Waals surface area contributed by atoms with Crippen LogP contribution in [0.3, 0.4) is 0 Å². The van der Waals surface area contributed by atoms with E-state index in [-0.39, 0.29) is 5.88 Å². The molecule has 9 nitrogen and oxygen atoms in total. The van der Waals surface area contributed by atoms with E-state index < -0.39 is 0 Å². The van der Waals surface area contributed by atoms with Crippen LogP contribution in [0, 0.1) is 0 Å². The van der Waals surface area contributed by atoms with Gasteiger partial charge in [-0.3, -0.25) is 0 Å². The number of H-pyrrole nitrogens is 1. The second-order valence-corrected chi connectivity index (χ2v) is 11.6. The van der Waals surface area contributed by atoms with E-state index >= 15 is 0 Å². The molecule has 3 aromatic heterocycles. The molecule has 0 aliphatic heterocycles. The summed E-state index contributed by atoms with van der Waals surface area (Å²) in [6, 6.07) is 26.9. The highest BCUT2D eigenvalue weighted by Crippen LogP contribution is 2.39. The number of hydrogen-bond donors (Lipinski definition) is 2. The topological polar surface area (TPSA) is 118 Å². The number of hydrogen-bond acceptors (Lipinski definition) is 8. The highest BCUT2D eigenvalue weighted by molar-refractivity contribution is 7.98. The van der Waals surface area contributed by atoms with Crippen molar-refractivity contribution in [3.63, 3.8) is 0 Å². The summed E-state index contributed by atoms with van der Waals surface area (Å²) >= 11 is 1.61.